The lowest BCUT2D eigenvalue weighted by Crippen LogP contribution is -2.17. The van der Waals surface area contributed by atoms with Crippen molar-refractivity contribution in [3.63, 3.8) is 0 Å². The molecule has 2 aromatic rings. The molecular weight excluding hydrogens is 281 g/mol. The van der Waals surface area contributed by atoms with Crippen LogP contribution in [0.15, 0.2) is 42.7 Å². The van der Waals surface area contributed by atoms with Gasteiger partial charge in [0.15, 0.2) is 0 Å². The van der Waals surface area contributed by atoms with Crippen LogP contribution in [0.2, 0.25) is 0 Å². The molecule has 2 rings (SSSR count). The second-order valence-corrected chi connectivity index (χ2v) is 4.67. The third-order valence-electron chi connectivity index (χ3n) is 3.02. The summed E-state index contributed by atoms with van der Waals surface area (Å²) in [6, 6.07) is 7.63. The highest BCUT2D eigenvalue weighted by molar-refractivity contribution is 5.50. The molecular formula is C15H15F3N2O. The maximum Gasteiger partial charge on any atom is 0.573 e. The Balaban J connectivity index is 2.06. The predicted molar refractivity (Wildman–Crippen MR) is 74.1 cm³/mol. The first-order chi connectivity index (χ1) is 9.85. The number of aromatic nitrogens is 1. The summed E-state index contributed by atoms with van der Waals surface area (Å²) in [4.78, 5) is 4.04. The summed E-state index contributed by atoms with van der Waals surface area (Å²) in [5.41, 5.74) is 2.79. The topological polar surface area (TPSA) is 34.2 Å². The molecule has 3 nitrogen and oxygen atoms in total. The normalized spacial score (nSPS) is 12.8. The highest BCUT2D eigenvalue weighted by Crippen LogP contribution is 2.26. The number of hydrogen-bond donors (Lipinski definition) is 1. The Morgan fingerprint density at radius 1 is 1.14 bits per heavy atom. The Hall–Kier alpha value is -2.24. The number of benzene rings is 1. The first-order valence-corrected chi connectivity index (χ1v) is 6.38. The molecule has 0 bridgehead atoms. The zero-order chi connectivity index (χ0) is 15.5. The Labute approximate surface area is 120 Å². The maximum absolute atomic E-state index is 12.1. The highest BCUT2D eigenvalue weighted by Gasteiger charge is 2.31. The monoisotopic (exact) mass is 296 g/mol. The summed E-state index contributed by atoms with van der Waals surface area (Å²) in [6.45, 7) is 3.88. The zero-order valence-electron chi connectivity index (χ0n) is 11.6. The third-order valence-corrected chi connectivity index (χ3v) is 3.02. The van der Waals surface area contributed by atoms with Gasteiger partial charge in [-0.05, 0) is 43.2 Å². The van der Waals surface area contributed by atoms with E-state index in [0.717, 1.165) is 16.8 Å². The smallest absolute Gasteiger partial charge is 0.406 e. The summed E-state index contributed by atoms with van der Waals surface area (Å²) < 4.78 is 40.1. The van der Waals surface area contributed by atoms with Crippen LogP contribution in [0, 0.1) is 6.92 Å². The number of halogens is 3. The summed E-state index contributed by atoms with van der Waals surface area (Å²) >= 11 is 0. The fraction of sp³-hybridized carbons (Fsp3) is 0.267. The Morgan fingerprint density at radius 2 is 1.81 bits per heavy atom. The van der Waals surface area contributed by atoms with Gasteiger partial charge in [-0.15, -0.1) is 13.2 Å². The molecule has 0 radical (unpaired) electrons. The molecule has 1 heterocycles. The molecule has 0 saturated carbocycles. The van der Waals surface area contributed by atoms with Crippen molar-refractivity contribution in [2.45, 2.75) is 26.3 Å². The Morgan fingerprint density at radius 3 is 2.38 bits per heavy atom. The number of ether oxygens (including phenoxy) is 1. The van der Waals surface area contributed by atoms with Crippen molar-refractivity contribution in [2.75, 3.05) is 5.32 Å². The lowest BCUT2D eigenvalue weighted by atomic mass is 10.1. The average molecular weight is 296 g/mol. The van der Waals surface area contributed by atoms with Crippen LogP contribution < -0.4 is 10.1 Å². The van der Waals surface area contributed by atoms with Crippen LogP contribution in [0.25, 0.3) is 0 Å². The molecule has 0 fully saturated rings. The van der Waals surface area contributed by atoms with Crippen molar-refractivity contribution < 1.29 is 17.9 Å². The number of nitrogens with one attached hydrogen (secondary N) is 1. The lowest BCUT2D eigenvalue weighted by Gasteiger charge is -2.17. The van der Waals surface area contributed by atoms with Gasteiger partial charge in [0.25, 0.3) is 0 Å². The van der Waals surface area contributed by atoms with E-state index >= 15 is 0 Å². The van der Waals surface area contributed by atoms with E-state index in [2.05, 4.69) is 15.0 Å². The van der Waals surface area contributed by atoms with E-state index in [1.54, 1.807) is 24.5 Å². The van der Waals surface area contributed by atoms with E-state index in [1.807, 2.05) is 19.9 Å². The second-order valence-electron chi connectivity index (χ2n) is 4.67. The molecule has 0 amide bonds. The Kier molecular flexibility index (Phi) is 4.35. The van der Waals surface area contributed by atoms with Gasteiger partial charge in [0.1, 0.15) is 5.75 Å². The van der Waals surface area contributed by atoms with Crippen molar-refractivity contribution in [1.82, 2.24) is 4.98 Å². The van der Waals surface area contributed by atoms with Gasteiger partial charge < -0.3 is 10.1 Å². The first-order valence-electron chi connectivity index (χ1n) is 6.38. The number of aryl methyl sites for hydroxylation is 1. The van der Waals surface area contributed by atoms with Crippen LogP contribution in [0.3, 0.4) is 0 Å². The fourth-order valence-electron chi connectivity index (χ4n) is 1.89. The predicted octanol–water partition coefficient (Wildman–Crippen LogP) is 4.46. The van der Waals surface area contributed by atoms with Crippen LogP contribution in [-0.4, -0.2) is 11.3 Å². The first kappa shape index (κ1) is 15.2. The minimum atomic E-state index is -4.67. The zero-order valence-corrected chi connectivity index (χ0v) is 11.6. The molecule has 0 spiro atoms. The van der Waals surface area contributed by atoms with Gasteiger partial charge in [-0.3, -0.25) is 4.98 Å². The van der Waals surface area contributed by atoms with Crippen molar-refractivity contribution >= 4 is 5.69 Å². The average Bonchev–Trinajstić information content (AvgIpc) is 2.40. The van der Waals surface area contributed by atoms with Crippen molar-refractivity contribution in [3.05, 3.63) is 53.9 Å². The fourth-order valence-corrected chi connectivity index (χ4v) is 1.89. The van der Waals surface area contributed by atoms with Crippen molar-refractivity contribution in [1.29, 1.82) is 0 Å². The molecule has 0 aliphatic rings. The summed E-state index contributed by atoms with van der Waals surface area (Å²) in [5.74, 6) is -0.226. The molecule has 112 valence electrons. The number of hydrogen-bond acceptors (Lipinski definition) is 3. The van der Waals surface area contributed by atoms with Gasteiger partial charge in [0.2, 0.25) is 0 Å². The molecule has 0 aliphatic heterocycles. The minimum Gasteiger partial charge on any atom is -0.406 e. The number of nitrogens with zero attached hydrogens (tertiary/aromatic N) is 1. The number of alkyl halides is 3. The van der Waals surface area contributed by atoms with Crippen molar-refractivity contribution in [3.8, 4) is 5.75 Å². The van der Waals surface area contributed by atoms with E-state index < -0.39 is 6.36 Å². The lowest BCUT2D eigenvalue weighted by molar-refractivity contribution is -0.274. The second kappa shape index (κ2) is 6.03. The van der Waals surface area contributed by atoms with Crippen LogP contribution in [-0.2, 0) is 0 Å². The largest absolute Gasteiger partial charge is 0.573 e. The number of anilines is 1. The van der Waals surface area contributed by atoms with Gasteiger partial charge >= 0.3 is 6.36 Å². The van der Waals surface area contributed by atoms with E-state index in [4.69, 9.17) is 0 Å². The van der Waals surface area contributed by atoms with Gasteiger partial charge in [0, 0.05) is 12.2 Å². The molecule has 1 aromatic carbocycles. The van der Waals surface area contributed by atoms with Crippen LogP contribution in [0.4, 0.5) is 18.9 Å². The van der Waals surface area contributed by atoms with Crippen LogP contribution >= 0.6 is 0 Å². The molecule has 1 atom stereocenters. The molecule has 0 saturated heterocycles. The molecule has 6 heteroatoms. The van der Waals surface area contributed by atoms with Gasteiger partial charge in [0.05, 0.1) is 11.9 Å². The van der Waals surface area contributed by atoms with Crippen molar-refractivity contribution in [2.24, 2.45) is 0 Å². The summed E-state index contributed by atoms with van der Waals surface area (Å²) in [7, 11) is 0. The van der Waals surface area contributed by atoms with E-state index in [-0.39, 0.29) is 11.8 Å². The summed E-state index contributed by atoms with van der Waals surface area (Å²) in [5, 5.41) is 3.27. The van der Waals surface area contributed by atoms with Gasteiger partial charge in [-0.2, -0.15) is 0 Å². The molecule has 1 N–H and O–H groups in total. The number of rotatable bonds is 4. The highest BCUT2D eigenvalue weighted by atomic mass is 19.4. The summed E-state index contributed by atoms with van der Waals surface area (Å²) in [6.07, 6.45) is -1.25. The van der Waals surface area contributed by atoms with E-state index in [0.29, 0.717) is 0 Å². The van der Waals surface area contributed by atoms with E-state index in [1.165, 1.54) is 12.1 Å². The van der Waals surface area contributed by atoms with Crippen LogP contribution in [0.5, 0.6) is 5.75 Å². The Bertz CT molecular complexity index is 597. The third kappa shape index (κ3) is 4.37. The molecule has 1 aromatic heterocycles. The molecule has 21 heavy (non-hydrogen) atoms. The standard InChI is InChI=1S/C15H15F3N2O/c1-10-7-8-19-9-14(10)20-11(2)12-3-5-13(6-4-12)21-15(16,17)18/h3-9,11,20H,1-2H3. The minimum absolute atomic E-state index is 0.0622. The molecule has 0 aliphatic carbocycles. The SMILES string of the molecule is Cc1ccncc1NC(C)c1ccc(OC(F)(F)F)cc1. The van der Waals surface area contributed by atoms with Gasteiger partial charge in [-0.25, -0.2) is 0 Å². The maximum atomic E-state index is 12.1. The quantitative estimate of drug-likeness (QED) is 0.904. The molecule has 1 unspecified atom stereocenters. The van der Waals surface area contributed by atoms with E-state index in [9.17, 15) is 13.2 Å². The number of pyridine rings is 1. The van der Waals surface area contributed by atoms with Crippen LogP contribution in [0.1, 0.15) is 24.1 Å². The van der Waals surface area contributed by atoms with Gasteiger partial charge in [-0.1, -0.05) is 12.1 Å².